The summed E-state index contributed by atoms with van der Waals surface area (Å²) in [5, 5.41) is 11.3. The summed E-state index contributed by atoms with van der Waals surface area (Å²) in [5.74, 6) is 3.08. The Morgan fingerprint density at radius 3 is 2.62 bits per heavy atom. The summed E-state index contributed by atoms with van der Waals surface area (Å²) in [6.07, 6.45) is 10.6. The van der Waals surface area contributed by atoms with Crippen LogP contribution in [0, 0.1) is 34.5 Å². The highest BCUT2D eigenvalue weighted by molar-refractivity contribution is 5.91. The number of hydrogen-bond acceptors (Lipinski definition) is 2. The number of fused-ring (bicyclic) bond motifs is 5. The van der Waals surface area contributed by atoms with Gasteiger partial charge in [0.25, 0.3) is 0 Å². The number of hydrogen-bond donors (Lipinski definition) is 1. The molecule has 0 aromatic carbocycles. The zero-order chi connectivity index (χ0) is 17.3. The van der Waals surface area contributed by atoms with E-state index in [1.165, 1.54) is 18.4 Å². The molecule has 134 valence electrons. The first-order chi connectivity index (χ1) is 11.2. The molecule has 0 aromatic rings. The molecule has 4 aliphatic carbocycles. The van der Waals surface area contributed by atoms with Crippen molar-refractivity contribution in [3.63, 3.8) is 0 Å². The van der Waals surface area contributed by atoms with Crippen molar-refractivity contribution in [3.05, 3.63) is 11.6 Å². The van der Waals surface area contributed by atoms with Gasteiger partial charge >= 0.3 is 0 Å². The van der Waals surface area contributed by atoms with Crippen molar-refractivity contribution in [2.75, 3.05) is 0 Å². The van der Waals surface area contributed by atoms with Crippen LogP contribution >= 0.6 is 0 Å². The molecule has 6 atom stereocenters. The van der Waals surface area contributed by atoms with Crippen molar-refractivity contribution in [3.8, 4) is 0 Å². The summed E-state index contributed by atoms with van der Waals surface area (Å²) in [6.45, 7) is 9.31. The summed E-state index contributed by atoms with van der Waals surface area (Å²) in [7, 11) is 0. The topological polar surface area (TPSA) is 37.3 Å². The van der Waals surface area contributed by atoms with Crippen LogP contribution < -0.4 is 0 Å². The van der Waals surface area contributed by atoms with E-state index in [1.807, 2.05) is 6.08 Å². The number of carbonyl (C=O) groups excluding carboxylic acids is 1. The highest BCUT2D eigenvalue weighted by Crippen LogP contribution is 2.70. The van der Waals surface area contributed by atoms with E-state index >= 15 is 0 Å². The molecular weight excluding hydrogens is 296 g/mol. The number of aliphatic hydroxyl groups is 1. The van der Waals surface area contributed by atoms with E-state index in [0.29, 0.717) is 23.5 Å². The number of rotatable bonds is 1. The second-order valence-corrected chi connectivity index (χ2v) is 10.2. The van der Waals surface area contributed by atoms with Crippen molar-refractivity contribution >= 4 is 5.78 Å². The fourth-order valence-electron chi connectivity index (χ4n) is 7.93. The maximum absolute atomic E-state index is 11.9. The average Bonchev–Trinajstić information content (AvgIpc) is 2.77. The Hall–Kier alpha value is -0.630. The SMILES string of the molecule is CC[C@]12CC(C)(C)C3C4CCC(=O)C=C4CCC3C1CC[C@]2(C)O. The first-order valence-electron chi connectivity index (χ1n) is 10.2. The molecule has 0 spiro atoms. The number of allylic oxidation sites excluding steroid dienone is 1. The van der Waals surface area contributed by atoms with E-state index in [0.717, 1.165) is 44.4 Å². The Balaban J connectivity index is 1.77. The molecule has 2 heteroatoms. The van der Waals surface area contributed by atoms with Gasteiger partial charge in [-0.25, -0.2) is 0 Å². The van der Waals surface area contributed by atoms with E-state index in [4.69, 9.17) is 0 Å². The molecule has 0 bridgehead atoms. The van der Waals surface area contributed by atoms with Crippen molar-refractivity contribution in [1.29, 1.82) is 0 Å². The van der Waals surface area contributed by atoms with E-state index in [9.17, 15) is 9.90 Å². The summed E-state index contributed by atoms with van der Waals surface area (Å²) in [6, 6.07) is 0. The van der Waals surface area contributed by atoms with Crippen LogP contribution in [0.15, 0.2) is 11.6 Å². The Morgan fingerprint density at radius 2 is 1.92 bits per heavy atom. The van der Waals surface area contributed by atoms with Crippen molar-refractivity contribution in [2.24, 2.45) is 34.5 Å². The average molecular weight is 331 g/mol. The minimum absolute atomic E-state index is 0.101. The van der Waals surface area contributed by atoms with Crippen molar-refractivity contribution in [1.82, 2.24) is 0 Å². The van der Waals surface area contributed by atoms with Crippen molar-refractivity contribution in [2.45, 2.75) is 84.7 Å². The second-order valence-electron chi connectivity index (χ2n) is 10.2. The quantitative estimate of drug-likeness (QED) is 0.742. The lowest BCUT2D eigenvalue weighted by Crippen LogP contribution is -2.58. The van der Waals surface area contributed by atoms with Crippen molar-refractivity contribution < 1.29 is 9.90 Å². The zero-order valence-electron chi connectivity index (χ0n) is 15.9. The van der Waals surface area contributed by atoms with E-state index in [1.54, 1.807) is 0 Å². The molecule has 2 nitrogen and oxygen atoms in total. The predicted molar refractivity (Wildman–Crippen MR) is 96.5 cm³/mol. The van der Waals surface area contributed by atoms with Gasteiger partial charge in [-0.15, -0.1) is 0 Å². The molecular formula is C22H34O2. The van der Waals surface area contributed by atoms with Crippen LogP contribution in [0.4, 0.5) is 0 Å². The Kier molecular flexibility index (Phi) is 3.64. The first kappa shape index (κ1) is 16.8. The maximum atomic E-state index is 11.9. The van der Waals surface area contributed by atoms with Crippen LogP contribution in [0.3, 0.4) is 0 Å². The molecule has 0 aromatic heterocycles. The van der Waals surface area contributed by atoms with Crippen LogP contribution in [0.1, 0.15) is 79.1 Å². The van der Waals surface area contributed by atoms with E-state index in [-0.39, 0.29) is 10.8 Å². The van der Waals surface area contributed by atoms with Gasteiger partial charge in [-0.1, -0.05) is 26.3 Å². The minimum Gasteiger partial charge on any atom is -0.390 e. The van der Waals surface area contributed by atoms with E-state index < -0.39 is 5.60 Å². The molecule has 24 heavy (non-hydrogen) atoms. The third kappa shape index (κ3) is 2.08. The van der Waals surface area contributed by atoms with Crippen LogP contribution in [-0.4, -0.2) is 16.5 Å². The minimum atomic E-state index is -0.507. The van der Waals surface area contributed by atoms with Crippen LogP contribution in [0.2, 0.25) is 0 Å². The normalized spacial score (nSPS) is 49.9. The Bertz CT molecular complexity index is 585. The maximum Gasteiger partial charge on any atom is 0.155 e. The van der Waals surface area contributed by atoms with E-state index in [2.05, 4.69) is 27.7 Å². The summed E-state index contributed by atoms with van der Waals surface area (Å²) < 4.78 is 0. The van der Waals surface area contributed by atoms with Gasteiger partial charge in [-0.2, -0.15) is 0 Å². The van der Waals surface area contributed by atoms with Gasteiger partial charge in [0.1, 0.15) is 0 Å². The third-order valence-corrected chi connectivity index (χ3v) is 8.73. The van der Waals surface area contributed by atoms with Gasteiger partial charge in [0.2, 0.25) is 0 Å². The zero-order valence-corrected chi connectivity index (χ0v) is 15.9. The number of carbonyl (C=O) groups is 1. The molecule has 0 amide bonds. The fraction of sp³-hybridized carbons (Fsp3) is 0.864. The summed E-state index contributed by atoms with van der Waals surface area (Å²) >= 11 is 0. The Labute approximate surface area is 147 Å². The second kappa shape index (κ2) is 5.19. The lowest BCUT2D eigenvalue weighted by molar-refractivity contribution is -0.164. The van der Waals surface area contributed by atoms with Gasteiger partial charge in [0.05, 0.1) is 5.60 Å². The highest BCUT2D eigenvalue weighted by Gasteiger charge is 2.66. The summed E-state index contributed by atoms with van der Waals surface area (Å²) in [5.41, 5.74) is 1.29. The highest BCUT2D eigenvalue weighted by atomic mass is 16.3. The first-order valence-corrected chi connectivity index (χ1v) is 10.2. The molecule has 1 N–H and O–H groups in total. The lowest BCUT2D eigenvalue weighted by atomic mass is 9.43. The lowest BCUT2D eigenvalue weighted by Gasteiger charge is -2.62. The summed E-state index contributed by atoms with van der Waals surface area (Å²) in [4.78, 5) is 11.9. The molecule has 3 saturated carbocycles. The predicted octanol–water partition coefficient (Wildman–Crippen LogP) is 4.91. The third-order valence-electron chi connectivity index (χ3n) is 8.73. The van der Waals surface area contributed by atoms with Gasteiger partial charge < -0.3 is 5.11 Å². The van der Waals surface area contributed by atoms with Crippen LogP contribution in [-0.2, 0) is 4.79 Å². The molecule has 4 rings (SSSR count). The molecule has 4 aliphatic rings. The van der Waals surface area contributed by atoms with Crippen LogP contribution in [0.5, 0.6) is 0 Å². The van der Waals surface area contributed by atoms with Gasteiger partial charge in [0.15, 0.2) is 5.78 Å². The van der Waals surface area contributed by atoms with Gasteiger partial charge in [-0.05, 0) is 87.0 Å². The van der Waals surface area contributed by atoms with Gasteiger partial charge in [0, 0.05) is 11.8 Å². The molecule has 0 aliphatic heterocycles. The monoisotopic (exact) mass is 330 g/mol. The van der Waals surface area contributed by atoms with Gasteiger partial charge in [-0.3, -0.25) is 4.79 Å². The molecule has 4 unspecified atom stereocenters. The fourth-order valence-corrected chi connectivity index (χ4v) is 7.93. The number of ketones is 1. The molecule has 0 saturated heterocycles. The molecule has 0 heterocycles. The Morgan fingerprint density at radius 1 is 1.17 bits per heavy atom. The molecule has 3 fully saturated rings. The molecule has 0 radical (unpaired) electrons. The standard InChI is InChI=1S/C22H34O2/c1-5-22-13-20(2,3)19-16-9-7-15(23)12-14(16)6-8-17(19)18(22)10-11-21(22,4)24/h12,16-19,24H,5-11,13H2,1-4H3/t16?,17?,18?,19?,21-,22-/m0/s1. The largest absolute Gasteiger partial charge is 0.390 e. The van der Waals surface area contributed by atoms with Crippen LogP contribution in [0.25, 0.3) is 0 Å². The smallest absolute Gasteiger partial charge is 0.155 e.